The van der Waals surface area contributed by atoms with Crippen LogP contribution in [0.1, 0.15) is 30.1 Å². The molecule has 1 unspecified atom stereocenters. The van der Waals surface area contributed by atoms with Crippen LogP contribution >= 0.6 is 0 Å². The number of rotatable bonds is 6. The summed E-state index contributed by atoms with van der Waals surface area (Å²) in [6, 6.07) is 4.10. The van der Waals surface area contributed by atoms with Gasteiger partial charge in [0.2, 0.25) is 0 Å². The number of aromatic carboxylic acids is 1. The second kappa shape index (κ2) is 5.26. The van der Waals surface area contributed by atoms with Gasteiger partial charge in [0, 0.05) is 18.3 Å². The molecular weight excluding hydrogens is 248 g/mol. The molecule has 1 aliphatic rings. The molecule has 2 N–H and O–H groups in total. The zero-order chi connectivity index (χ0) is 14.0. The average Bonchev–Trinajstić information content (AvgIpc) is 3.19. The summed E-state index contributed by atoms with van der Waals surface area (Å²) in [5.74, 6) is -0.00134. The summed E-state index contributed by atoms with van der Waals surface area (Å²) in [6.07, 6.45) is 2.51. The molecule has 0 radical (unpaired) electrons. The fourth-order valence-corrected chi connectivity index (χ4v) is 2.09. The second-order valence-corrected chi connectivity index (χ2v) is 4.99. The highest BCUT2D eigenvalue weighted by Crippen LogP contribution is 2.36. The van der Waals surface area contributed by atoms with E-state index in [0.29, 0.717) is 11.6 Å². The van der Waals surface area contributed by atoms with Crippen LogP contribution in [0.2, 0.25) is 0 Å². The van der Waals surface area contributed by atoms with Crippen molar-refractivity contribution in [1.29, 1.82) is 0 Å². The number of carboxylic acids is 1. The zero-order valence-electron chi connectivity index (χ0n) is 10.6. The predicted molar refractivity (Wildman–Crippen MR) is 70.4 cm³/mol. The maximum absolute atomic E-state index is 11.0. The Morgan fingerprint density at radius 1 is 1.58 bits per heavy atom. The van der Waals surface area contributed by atoms with Crippen molar-refractivity contribution >= 4 is 17.3 Å². The normalized spacial score (nSPS) is 15.8. The molecule has 19 heavy (non-hydrogen) atoms. The first-order chi connectivity index (χ1) is 8.99. The molecular formula is C13H16N2O4. The summed E-state index contributed by atoms with van der Waals surface area (Å²) in [4.78, 5) is 21.0. The molecule has 1 fully saturated rings. The van der Waals surface area contributed by atoms with Crippen LogP contribution in [0, 0.1) is 22.0 Å². The van der Waals surface area contributed by atoms with Crippen LogP contribution in [0.3, 0.4) is 0 Å². The van der Waals surface area contributed by atoms with Gasteiger partial charge in [-0.3, -0.25) is 10.1 Å². The third kappa shape index (κ3) is 3.21. The highest BCUT2D eigenvalue weighted by atomic mass is 16.6. The number of hydrogen-bond acceptors (Lipinski definition) is 4. The number of anilines is 1. The largest absolute Gasteiger partial charge is 0.477 e. The molecule has 6 heteroatoms. The fourth-order valence-electron chi connectivity index (χ4n) is 2.09. The van der Waals surface area contributed by atoms with E-state index < -0.39 is 10.9 Å². The predicted octanol–water partition coefficient (Wildman–Crippen LogP) is 2.75. The van der Waals surface area contributed by atoms with Gasteiger partial charge in [-0.15, -0.1) is 0 Å². The van der Waals surface area contributed by atoms with E-state index in [-0.39, 0.29) is 11.3 Å². The van der Waals surface area contributed by atoms with Gasteiger partial charge < -0.3 is 10.4 Å². The lowest BCUT2D eigenvalue weighted by atomic mass is 10.1. The quantitative estimate of drug-likeness (QED) is 0.608. The van der Waals surface area contributed by atoms with E-state index in [2.05, 4.69) is 12.2 Å². The summed E-state index contributed by atoms with van der Waals surface area (Å²) in [5, 5.41) is 22.8. The maximum atomic E-state index is 11.0. The number of carbonyl (C=O) groups is 1. The molecule has 0 spiro atoms. The van der Waals surface area contributed by atoms with Gasteiger partial charge in [-0.25, -0.2) is 4.79 Å². The van der Waals surface area contributed by atoms with E-state index in [1.54, 1.807) is 6.07 Å². The van der Waals surface area contributed by atoms with Crippen LogP contribution in [-0.2, 0) is 0 Å². The van der Waals surface area contributed by atoms with E-state index in [9.17, 15) is 14.9 Å². The van der Waals surface area contributed by atoms with Crippen molar-refractivity contribution in [2.45, 2.75) is 19.8 Å². The van der Waals surface area contributed by atoms with Crippen LogP contribution in [-0.4, -0.2) is 22.5 Å². The lowest BCUT2D eigenvalue weighted by Gasteiger charge is -2.12. The number of carboxylic acid groups (broad SMARTS) is 1. The number of benzene rings is 1. The Labute approximate surface area is 110 Å². The van der Waals surface area contributed by atoms with Gasteiger partial charge in [-0.05, 0) is 36.8 Å². The minimum absolute atomic E-state index is 0.283. The van der Waals surface area contributed by atoms with Gasteiger partial charge in [-0.1, -0.05) is 6.92 Å². The Morgan fingerprint density at radius 2 is 2.26 bits per heavy atom. The molecule has 0 aliphatic heterocycles. The minimum atomic E-state index is -1.29. The lowest BCUT2D eigenvalue weighted by Crippen LogP contribution is -2.13. The molecule has 1 aromatic carbocycles. The molecule has 0 bridgehead atoms. The number of nitrogens with zero attached hydrogens (tertiary/aromatic N) is 1. The van der Waals surface area contributed by atoms with Crippen molar-refractivity contribution in [3.05, 3.63) is 33.9 Å². The van der Waals surface area contributed by atoms with E-state index in [0.717, 1.165) is 12.5 Å². The Bertz CT molecular complexity index is 511. The van der Waals surface area contributed by atoms with E-state index >= 15 is 0 Å². The third-order valence-electron chi connectivity index (χ3n) is 3.48. The Kier molecular flexibility index (Phi) is 3.69. The standard InChI is InChI=1S/C13H16N2O4/c1-8(9-2-3-9)7-14-10-4-5-12(15(18)19)11(6-10)13(16)17/h4-6,8-9,14H,2-3,7H2,1H3,(H,16,17). The Hall–Kier alpha value is -2.11. The van der Waals surface area contributed by atoms with Gasteiger partial charge in [-0.2, -0.15) is 0 Å². The summed E-state index contributed by atoms with van der Waals surface area (Å²) < 4.78 is 0. The van der Waals surface area contributed by atoms with Gasteiger partial charge in [0.05, 0.1) is 4.92 Å². The van der Waals surface area contributed by atoms with Crippen molar-refractivity contribution in [2.24, 2.45) is 11.8 Å². The molecule has 0 amide bonds. The molecule has 6 nitrogen and oxygen atoms in total. The van der Waals surface area contributed by atoms with Crippen LogP contribution < -0.4 is 5.32 Å². The molecule has 1 saturated carbocycles. The lowest BCUT2D eigenvalue weighted by molar-refractivity contribution is -0.385. The van der Waals surface area contributed by atoms with Gasteiger partial charge >= 0.3 is 5.97 Å². The monoisotopic (exact) mass is 264 g/mol. The average molecular weight is 264 g/mol. The van der Waals surface area contributed by atoms with Crippen LogP contribution in [0.4, 0.5) is 11.4 Å². The first-order valence-electron chi connectivity index (χ1n) is 6.24. The van der Waals surface area contributed by atoms with E-state index in [1.807, 2.05) is 0 Å². The molecule has 102 valence electrons. The smallest absolute Gasteiger partial charge is 0.342 e. The highest BCUT2D eigenvalue weighted by molar-refractivity contribution is 5.93. The van der Waals surface area contributed by atoms with Crippen molar-refractivity contribution in [1.82, 2.24) is 0 Å². The zero-order valence-corrected chi connectivity index (χ0v) is 10.6. The molecule has 0 aromatic heterocycles. The number of nitro groups is 1. The summed E-state index contributed by atoms with van der Waals surface area (Å²) in [7, 11) is 0. The second-order valence-electron chi connectivity index (χ2n) is 4.99. The molecule has 1 atom stereocenters. The fraction of sp³-hybridized carbons (Fsp3) is 0.462. The summed E-state index contributed by atoms with van der Waals surface area (Å²) in [6.45, 7) is 2.90. The topological polar surface area (TPSA) is 92.5 Å². The van der Waals surface area contributed by atoms with E-state index in [1.165, 1.54) is 25.0 Å². The van der Waals surface area contributed by atoms with Crippen molar-refractivity contribution in [3.63, 3.8) is 0 Å². The van der Waals surface area contributed by atoms with Crippen molar-refractivity contribution < 1.29 is 14.8 Å². The van der Waals surface area contributed by atoms with E-state index in [4.69, 9.17) is 5.11 Å². The SMILES string of the molecule is CC(CNc1ccc([N+](=O)[O-])c(C(=O)O)c1)C1CC1. The maximum Gasteiger partial charge on any atom is 0.342 e. The number of nitro benzene ring substituents is 1. The first kappa shape index (κ1) is 13.3. The van der Waals surface area contributed by atoms with Gasteiger partial charge in [0.25, 0.3) is 5.69 Å². The molecule has 0 saturated heterocycles. The number of hydrogen-bond donors (Lipinski definition) is 2. The van der Waals surface area contributed by atoms with Gasteiger partial charge in [0.15, 0.2) is 0 Å². The molecule has 1 aliphatic carbocycles. The van der Waals surface area contributed by atoms with Crippen LogP contribution in [0.25, 0.3) is 0 Å². The summed E-state index contributed by atoms with van der Waals surface area (Å²) >= 11 is 0. The molecule has 0 heterocycles. The molecule has 1 aromatic rings. The van der Waals surface area contributed by atoms with Crippen molar-refractivity contribution in [3.8, 4) is 0 Å². The van der Waals surface area contributed by atoms with Crippen molar-refractivity contribution in [2.75, 3.05) is 11.9 Å². The van der Waals surface area contributed by atoms with Crippen LogP contribution in [0.15, 0.2) is 18.2 Å². The third-order valence-corrected chi connectivity index (χ3v) is 3.48. The Morgan fingerprint density at radius 3 is 2.79 bits per heavy atom. The molecule has 2 rings (SSSR count). The van der Waals surface area contributed by atoms with Gasteiger partial charge in [0.1, 0.15) is 5.56 Å². The van der Waals surface area contributed by atoms with Crippen LogP contribution in [0.5, 0.6) is 0 Å². The summed E-state index contributed by atoms with van der Waals surface area (Å²) in [5.41, 5.74) is -0.0575. The minimum Gasteiger partial charge on any atom is -0.477 e. The number of nitrogens with one attached hydrogen (secondary N) is 1. The highest BCUT2D eigenvalue weighted by Gasteiger charge is 2.27. The first-order valence-corrected chi connectivity index (χ1v) is 6.24. The Balaban J connectivity index is 2.11.